The fourth-order valence-corrected chi connectivity index (χ4v) is 3.78. The smallest absolute Gasteiger partial charge is 0.408 e. The molecule has 3 amide bonds. The van der Waals surface area contributed by atoms with Gasteiger partial charge >= 0.3 is 12.1 Å². The number of methoxy groups -OCH3 is 1. The maximum absolute atomic E-state index is 14.1. The van der Waals surface area contributed by atoms with Gasteiger partial charge in [0.25, 0.3) is 0 Å². The number of carbonyl (C=O) groups excluding carboxylic acids is 4. The van der Waals surface area contributed by atoms with Crippen LogP contribution in [0.4, 0.5) is 4.79 Å². The van der Waals surface area contributed by atoms with Gasteiger partial charge in [-0.1, -0.05) is 44.5 Å². The molecule has 0 bridgehead atoms. The third-order valence-corrected chi connectivity index (χ3v) is 5.81. The Hall–Kier alpha value is -3.10. The minimum Gasteiger partial charge on any atom is -0.468 e. The van der Waals surface area contributed by atoms with E-state index in [1.165, 1.54) is 12.0 Å². The highest BCUT2D eigenvalue weighted by Gasteiger charge is 2.40. The molecule has 0 spiro atoms. The number of esters is 1. The molecule has 0 saturated heterocycles. The van der Waals surface area contributed by atoms with Crippen LogP contribution in [0.1, 0.15) is 77.6 Å². The predicted molar refractivity (Wildman–Crippen MR) is 138 cm³/mol. The number of alkyl carbamates (subject to hydrolysis) is 1. The molecule has 1 rings (SSSR count). The summed E-state index contributed by atoms with van der Waals surface area (Å²) in [7, 11) is 1.24. The average Bonchev–Trinajstić information content (AvgIpc) is 2.77. The first-order valence-corrected chi connectivity index (χ1v) is 12.4. The molecule has 9 nitrogen and oxygen atoms in total. The number of hydrogen-bond donors (Lipinski definition) is 2. The van der Waals surface area contributed by atoms with E-state index in [0.29, 0.717) is 12.0 Å². The lowest BCUT2D eigenvalue weighted by Gasteiger charge is -2.39. The number of nitrogens with one attached hydrogen (secondary N) is 2. The van der Waals surface area contributed by atoms with Gasteiger partial charge in [0.15, 0.2) is 0 Å². The van der Waals surface area contributed by atoms with Gasteiger partial charge in [-0.3, -0.25) is 14.4 Å². The van der Waals surface area contributed by atoms with E-state index in [-0.39, 0.29) is 18.5 Å². The van der Waals surface area contributed by atoms with Crippen LogP contribution in [0, 0.1) is 19.8 Å². The van der Waals surface area contributed by atoms with Crippen LogP contribution in [-0.2, 0) is 23.9 Å². The number of ether oxygens (including phenoxy) is 2. The number of hydrogen-bond acceptors (Lipinski definition) is 6. The van der Waals surface area contributed by atoms with Crippen molar-refractivity contribution < 1.29 is 28.7 Å². The lowest BCUT2D eigenvalue weighted by atomic mass is 9.93. The van der Waals surface area contributed by atoms with Crippen molar-refractivity contribution in [3.8, 4) is 0 Å². The van der Waals surface area contributed by atoms with Crippen LogP contribution in [-0.4, -0.2) is 60.1 Å². The van der Waals surface area contributed by atoms with E-state index in [1.807, 2.05) is 59.7 Å². The quantitative estimate of drug-likeness (QED) is 0.468. The zero-order chi connectivity index (χ0) is 27.8. The fourth-order valence-electron chi connectivity index (χ4n) is 3.78. The summed E-state index contributed by atoms with van der Waals surface area (Å²) in [5.41, 5.74) is 1.74. The van der Waals surface area contributed by atoms with E-state index in [9.17, 15) is 19.2 Å². The summed E-state index contributed by atoms with van der Waals surface area (Å²) in [6, 6.07) is 3.32. The number of nitrogens with zero attached hydrogens (tertiary/aromatic N) is 1. The van der Waals surface area contributed by atoms with E-state index in [0.717, 1.165) is 11.1 Å². The van der Waals surface area contributed by atoms with Crippen molar-refractivity contribution in [3.05, 3.63) is 34.9 Å². The summed E-state index contributed by atoms with van der Waals surface area (Å²) in [4.78, 5) is 53.4. The number of amides is 3. The number of rotatable bonds is 10. The lowest BCUT2D eigenvalue weighted by Crippen LogP contribution is -2.57. The molecule has 2 N–H and O–H groups in total. The standard InChI is InChI=1S/C27H43N3O6/c1-11-19(6)30(25(33)22(16(2)3)29-26(34)36-27(7,8)9)23(24(32)28-15-21(31)35-10)20-13-12-17(4)14-18(20)5/h12-14,16,19,22-23H,11,15H2,1-10H3,(H,28,32)(H,29,34). The van der Waals surface area contributed by atoms with Crippen LogP contribution in [0.15, 0.2) is 18.2 Å². The zero-order valence-electron chi connectivity index (χ0n) is 23.4. The molecule has 0 radical (unpaired) electrons. The first kappa shape index (κ1) is 30.9. The maximum Gasteiger partial charge on any atom is 0.408 e. The molecule has 0 aliphatic heterocycles. The molecule has 0 saturated carbocycles. The van der Waals surface area contributed by atoms with Crippen LogP contribution in [0.5, 0.6) is 0 Å². The Morgan fingerprint density at radius 3 is 2.14 bits per heavy atom. The van der Waals surface area contributed by atoms with Crippen LogP contribution >= 0.6 is 0 Å². The molecule has 3 atom stereocenters. The Kier molecular flexibility index (Phi) is 11.4. The van der Waals surface area contributed by atoms with Crippen LogP contribution < -0.4 is 10.6 Å². The van der Waals surface area contributed by atoms with Gasteiger partial charge in [0.2, 0.25) is 11.8 Å². The summed E-state index contributed by atoms with van der Waals surface area (Å²) >= 11 is 0. The van der Waals surface area contributed by atoms with E-state index in [1.54, 1.807) is 20.8 Å². The Balaban J connectivity index is 3.57. The van der Waals surface area contributed by atoms with Gasteiger partial charge in [-0.05, 0) is 65.0 Å². The normalized spacial score (nSPS) is 13.9. The summed E-state index contributed by atoms with van der Waals surface area (Å²) < 4.78 is 10.0. The van der Waals surface area contributed by atoms with Crippen LogP contribution in [0.25, 0.3) is 0 Å². The van der Waals surface area contributed by atoms with Crippen molar-refractivity contribution in [1.82, 2.24) is 15.5 Å². The largest absolute Gasteiger partial charge is 0.468 e. The Labute approximate surface area is 215 Å². The average molecular weight is 506 g/mol. The van der Waals surface area contributed by atoms with Gasteiger partial charge in [0, 0.05) is 6.04 Å². The first-order valence-electron chi connectivity index (χ1n) is 12.4. The molecule has 0 aliphatic carbocycles. The van der Waals surface area contributed by atoms with Crippen molar-refractivity contribution >= 4 is 23.9 Å². The molecule has 1 aromatic carbocycles. The molecule has 0 heterocycles. The van der Waals surface area contributed by atoms with E-state index in [2.05, 4.69) is 15.4 Å². The van der Waals surface area contributed by atoms with Crippen molar-refractivity contribution in [3.63, 3.8) is 0 Å². The highest BCUT2D eigenvalue weighted by Crippen LogP contribution is 2.30. The number of aryl methyl sites for hydroxylation is 2. The SMILES string of the molecule is CCC(C)N(C(=O)C(NC(=O)OC(C)(C)C)C(C)C)C(C(=O)NCC(=O)OC)c1ccc(C)cc1C. The minimum atomic E-state index is -1.03. The zero-order valence-corrected chi connectivity index (χ0v) is 23.4. The molecule has 9 heteroatoms. The predicted octanol–water partition coefficient (Wildman–Crippen LogP) is 3.81. The molecule has 202 valence electrons. The molecular formula is C27H43N3O6. The molecule has 1 aromatic rings. The second-order valence-electron chi connectivity index (χ2n) is 10.4. The van der Waals surface area contributed by atoms with Crippen molar-refractivity contribution in [1.29, 1.82) is 0 Å². The lowest BCUT2D eigenvalue weighted by molar-refractivity contribution is -0.147. The van der Waals surface area contributed by atoms with Gasteiger partial charge < -0.3 is 25.0 Å². The van der Waals surface area contributed by atoms with E-state index >= 15 is 0 Å². The van der Waals surface area contributed by atoms with Crippen LogP contribution in [0.3, 0.4) is 0 Å². The third kappa shape index (κ3) is 8.84. The van der Waals surface area contributed by atoms with Crippen LogP contribution in [0.2, 0.25) is 0 Å². The van der Waals surface area contributed by atoms with Gasteiger partial charge in [0.1, 0.15) is 24.2 Å². The van der Waals surface area contributed by atoms with Gasteiger partial charge in [0.05, 0.1) is 7.11 Å². The first-order chi connectivity index (χ1) is 16.6. The Morgan fingerprint density at radius 1 is 1.06 bits per heavy atom. The summed E-state index contributed by atoms with van der Waals surface area (Å²) in [5.74, 6) is -1.81. The van der Waals surface area contributed by atoms with Gasteiger partial charge in [-0.25, -0.2) is 4.79 Å². The topological polar surface area (TPSA) is 114 Å². The van der Waals surface area contributed by atoms with Crippen molar-refractivity contribution in [2.24, 2.45) is 5.92 Å². The van der Waals surface area contributed by atoms with E-state index in [4.69, 9.17) is 4.74 Å². The molecule has 0 fully saturated rings. The van der Waals surface area contributed by atoms with E-state index < -0.39 is 41.6 Å². The molecule has 36 heavy (non-hydrogen) atoms. The Morgan fingerprint density at radius 2 is 1.67 bits per heavy atom. The fraction of sp³-hybridized carbons (Fsp3) is 0.630. The maximum atomic E-state index is 14.1. The summed E-state index contributed by atoms with van der Waals surface area (Å²) in [6.45, 7) is 16.1. The van der Waals surface area contributed by atoms with Gasteiger partial charge in [-0.15, -0.1) is 0 Å². The summed E-state index contributed by atoms with van der Waals surface area (Å²) in [5, 5.41) is 5.31. The molecule has 0 aliphatic rings. The molecule has 0 aromatic heterocycles. The molecule has 3 unspecified atom stereocenters. The number of benzene rings is 1. The molecular weight excluding hydrogens is 462 g/mol. The second kappa shape index (κ2) is 13.3. The van der Waals surface area contributed by atoms with Gasteiger partial charge in [-0.2, -0.15) is 0 Å². The van der Waals surface area contributed by atoms with Crippen molar-refractivity contribution in [2.75, 3.05) is 13.7 Å². The highest BCUT2D eigenvalue weighted by molar-refractivity contribution is 5.93. The number of carbonyl (C=O) groups is 4. The summed E-state index contributed by atoms with van der Waals surface area (Å²) in [6.07, 6.45) is -0.147. The monoisotopic (exact) mass is 505 g/mol. The van der Waals surface area contributed by atoms with Crippen molar-refractivity contribution in [2.45, 2.75) is 92.5 Å². The third-order valence-electron chi connectivity index (χ3n) is 5.81. The second-order valence-corrected chi connectivity index (χ2v) is 10.4. The highest BCUT2D eigenvalue weighted by atomic mass is 16.6. The Bertz CT molecular complexity index is 938. The minimum absolute atomic E-state index is 0.283.